The molecule has 2 heterocycles. The number of nitrogens with one attached hydrogen (secondary N) is 1. The number of benzene rings is 1. The summed E-state index contributed by atoms with van der Waals surface area (Å²) in [6.45, 7) is 5.75. The number of rotatable bonds is 4. The largest absolute Gasteiger partial charge is 0.338 e. The van der Waals surface area contributed by atoms with Gasteiger partial charge < -0.3 is 4.52 Å². The molecule has 0 aliphatic rings. The molecule has 3 aromatic rings. The van der Waals surface area contributed by atoms with Gasteiger partial charge in [-0.25, -0.2) is 13.1 Å². The van der Waals surface area contributed by atoms with Gasteiger partial charge in [0.25, 0.3) is 0 Å². The number of sulfonamides is 1. The smallest absolute Gasteiger partial charge is 0.243 e. The van der Waals surface area contributed by atoms with Crippen LogP contribution < -0.4 is 4.72 Å². The first-order valence-corrected chi connectivity index (χ1v) is 9.03. The van der Waals surface area contributed by atoms with Gasteiger partial charge in [0.15, 0.2) is 5.82 Å². The van der Waals surface area contributed by atoms with Crippen LogP contribution in [0, 0.1) is 0 Å². The predicted molar refractivity (Wildman–Crippen MR) is 84.4 cm³/mol. The lowest BCUT2D eigenvalue weighted by Gasteiger charge is -2.10. The molecule has 0 atom stereocenters. The zero-order valence-corrected chi connectivity index (χ0v) is 14.4. The summed E-state index contributed by atoms with van der Waals surface area (Å²) in [5, 5.41) is 3.86. The van der Waals surface area contributed by atoms with Gasteiger partial charge >= 0.3 is 0 Å². The minimum atomic E-state index is -3.75. The van der Waals surface area contributed by atoms with E-state index in [1.165, 1.54) is 6.07 Å². The third-order valence-electron chi connectivity index (χ3n) is 3.09. The Balaban J connectivity index is 1.82. The molecule has 23 heavy (non-hydrogen) atoms. The zero-order chi connectivity index (χ0) is 16.7. The summed E-state index contributed by atoms with van der Waals surface area (Å²) in [4.78, 5) is 4.28. The van der Waals surface area contributed by atoms with Crippen LogP contribution in [0.2, 0.25) is 0 Å². The van der Waals surface area contributed by atoms with Crippen molar-refractivity contribution in [2.45, 2.75) is 37.6 Å². The Morgan fingerprint density at radius 2 is 2.04 bits per heavy atom. The van der Waals surface area contributed by atoms with Crippen LogP contribution in [0.25, 0.3) is 11.0 Å². The minimum Gasteiger partial charge on any atom is -0.338 e. The van der Waals surface area contributed by atoms with Crippen molar-refractivity contribution in [3.63, 3.8) is 0 Å². The Morgan fingerprint density at radius 1 is 1.26 bits per heavy atom. The van der Waals surface area contributed by atoms with Crippen molar-refractivity contribution >= 4 is 32.8 Å². The summed E-state index contributed by atoms with van der Waals surface area (Å²) < 4.78 is 40.5. The maximum Gasteiger partial charge on any atom is 0.243 e. The van der Waals surface area contributed by atoms with E-state index in [-0.39, 0.29) is 22.7 Å². The summed E-state index contributed by atoms with van der Waals surface area (Å²) in [5.41, 5.74) is 0.634. The number of aromatic nitrogens is 4. The lowest BCUT2D eigenvalue weighted by molar-refractivity contribution is 0.360. The molecule has 0 aliphatic carbocycles. The fourth-order valence-corrected chi connectivity index (χ4v) is 3.60. The Hall–Kier alpha value is -1.91. The van der Waals surface area contributed by atoms with Crippen LogP contribution >= 0.6 is 11.7 Å². The Labute approximate surface area is 137 Å². The van der Waals surface area contributed by atoms with Crippen LogP contribution in [0.1, 0.15) is 32.5 Å². The second-order valence-electron chi connectivity index (χ2n) is 5.97. The Morgan fingerprint density at radius 3 is 2.74 bits per heavy atom. The molecule has 0 saturated carbocycles. The normalized spacial score (nSPS) is 12.8. The molecule has 10 heteroatoms. The van der Waals surface area contributed by atoms with E-state index in [4.69, 9.17) is 4.52 Å². The average molecular weight is 353 g/mol. The number of fused-ring (bicyclic) bond motifs is 1. The quantitative estimate of drug-likeness (QED) is 0.762. The van der Waals surface area contributed by atoms with E-state index in [9.17, 15) is 8.42 Å². The first-order valence-electron chi connectivity index (χ1n) is 6.81. The highest BCUT2D eigenvalue weighted by Crippen LogP contribution is 2.21. The van der Waals surface area contributed by atoms with Crippen molar-refractivity contribution in [1.82, 2.24) is 23.6 Å². The highest BCUT2D eigenvalue weighted by Gasteiger charge is 2.23. The molecule has 1 N–H and O–H groups in total. The third-order valence-corrected chi connectivity index (χ3v) is 5.07. The molecule has 0 bridgehead atoms. The zero-order valence-electron chi connectivity index (χ0n) is 12.8. The topological polar surface area (TPSA) is 111 Å². The maximum absolute atomic E-state index is 12.5. The molecule has 0 unspecified atom stereocenters. The molecular formula is C13H15N5O3S2. The van der Waals surface area contributed by atoms with E-state index < -0.39 is 10.0 Å². The van der Waals surface area contributed by atoms with Gasteiger partial charge in [0, 0.05) is 5.41 Å². The Bertz CT molecular complexity index is 940. The fraction of sp³-hybridized carbons (Fsp3) is 0.385. The van der Waals surface area contributed by atoms with Crippen molar-refractivity contribution in [2.75, 3.05) is 0 Å². The summed E-state index contributed by atoms with van der Waals surface area (Å²) in [6, 6.07) is 4.83. The monoisotopic (exact) mass is 353 g/mol. The molecule has 0 aliphatic heterocycles. The van der Waals surface area contributed by atoms with E-state index in [1.54, 1.807) is 12.1 Å². The highest BCUT2D eigenvalue weighted by molar-refractivity contribution is 7.89. The number of hydrogen-bond donors (Lipinski definition) is 1. The van der Waals surface area contributed by atoms with Crippen LogP contribution in [-0.2, 0) is 22.0 Å². The van der Waals surface area contributed by atoms with Crippen LogP contribution in [0.15, 0.2) is 27.6 Å². The number of nitrogens with zero attached hydrogens (tertiary/aromatic N) is 4. The lowest BCUT2D eigenvalue weighted by atomic mass is 9.96. The maximum atomic E-state index is 12.5. The molecular weight excluding hydrogens is 338 g/mol. The van der Waals surface area contributed by atoms with E-state index in [0.29, 0.717) is 16.9 Å². The van der Waals surface area contributed by atoms with Gasteiger partial charge in [0.2, 0.25) is 15.9 Å². The fourth-order valence-electron chi connectivity index (χ4n) is 1.86. The van der Waals surface area contributed by atoms with E-state index in [1.807, 2.05) is 20.8 Å². The van der Waals surface area contributed by atoms with Crippen molar-refractivity contribution in [3.8, 4) is 0 Å². The molecule has 2 aromatic heterocycles. The standard InChI is InChI=1S/C13H15N5O3S2/c1-13(2,3)12-15-10(21-16-12)7-14-23(19,20)9-6-4-5-8-11(9)18-22-17-8/h4-6,14H,7H2,1-3H3. The van der Waals surface area contributed by atoms with Gasteiger partial charge in [-0.05, 0) is 12.1 Å². The van der Waals surface area contributed by atoms with Crippen molar-refractivity contribution in [2.24, 2.45) is 0 Å². The van der Waals surface area contributed by atoms with Gasteiger partial charge in [-0.3, -0.25) is 0 Å². The summed E-state index contributed by atoms with van der Waals surface area (Å²) in [5.74, 6) is 0.736. The van der Waals surface area contributed by atoms with E-state index >= 15 is 0 Å². The van der Waals surface area contributed by atoms with Crippen LogP contribution in [0.3, 0.4) is 0 Å². The molecule has 0 amide bonds. The predicted octanol–water partition coefficient (Wildman–Crippen LogP) is 1.85. The van der Waals surface area contributed by atoms with Gasteiger partial charge in [-0.2, -0.15) is 13.7 Å². The Kier molecular flexibility index (Phi) is 3.90. The summed E-state index contributed by atoms with van der Waals surface area (Å²) in [7, 11) is -3.75. The first kappa shape index (κ1) is 16.0. The van der Waals surface area contributed by atoms with Crippen molar-refractivity contribution in [1.29, 1.82) is 0 Å². The van der Waals surface area contributed by atoms with Crippen LogP contribution in [-0.4, -0.2) is 27.3 Å². The molecule has 1 aromatic carbocycles. The second kappa shape index (κ2) is 5.62. The van der Waals surface area contributed by atoms with Gasteiger partial charge in [-0.15, -0.1) is 0 Å². The molecule has 0 fully saturated rings. The average Bonchev–Trinajstić information content (AvgIpc) is 3.13. The van der Waals surface area contributed by atoms with E-state index in [2.05, 4.69) is 23.6 Å². The minimum absolute atomic E-state index is 0.0827. The number of hydrogen-bond acceptors (Lipinski definition) is 8. The first-order chi connectivity index (χ1) is 10.8. The second-order valence-corrected chi connectivity index (χ2v) is 8.24. The lowest BCUT2D eigenvalue weighted by Crippen LogP contribution is -2.24. The third kappa shape index (κ3) is 3.23. The van der Waals surface area contributed by atoms with Gasteiger partial charge in [0.1, 0.15) is 15.9 Å². The SMILES string of the molecule is CC(C)(C)c1noc(CNS(=O)(=O)c2cccc3nsnc23)n1. The molecule has 0 spiro atoms. The molecule has 3 rings (SSSR count). The molecule has 0 saturated heterocycles. The highest BCUT2D eigenvalue weighted by atomic mass is 32.2. The summed E-state index contributed by atoms with van der Waals surface area (Å²) >= 11 is 0.971. The molecule has 0 radical (unpaired) electrons. The van der Waals surface area contributed by atoms with Gasteiger partial charge in [0.05, 0.1) is 18.3 Å². The van der Waals surface area contributed by atoms with Crippen LogP contribution in [0.4, 0.5) is 0 Å². The van der Waals surface area contributed by atoms with Crippen LogP contribution in [0.5, 0.6) is 0 Å². The van der Waals surface area contributed by atoms with Crippen molar-refractivity contribution < 1.29 is 12.9 Å². The van der Waals surface area contributed by atoms with E-state index in [0.717, 1.165) is 11.7 Å². The molecule has 8 nitrogen and oxygen atoms in total. The molecule has 122 valence electrons. The van der Waals surface area contributed by atoms with Crippen molar-refractivity contribution in [3.05, 3.63) is 29.9 Å². The summed E-state index contributed by atoms with van der Waals surface area (Å²) in [6.07, 6.45) is 0. The van der Waals surface area contributed by atoms with Gasteiger partial charge in [-0.1, -0.05) is 32.0 Å².